The summed E-state index contributed by atoms with van der Waals surface area (Å²) in [6, 6.07) is 0.754. The van der Waals surface area contributed by atoms with E-state index in [0.29, 0.717) is 5.92 Å². The molecule has 1 heterocycles. The highest BCUT2D eigenvalue weighted by Gasteiger charge is 2.11. The van der Waals surface area contributed by atoms with Crippen LogP contribution < -0.4 is 5.32 Å². The van der Waals surface area contributed by atoms with Crippen LogP contribution in [0.15, 0.2) is 5.38 Å². The van der Waals surface area contributed by atoms with Gasteiger partial charge in [0.2, 0.25) is 0 Å². The third-order valence-corrected chi connectivity index (χ3v) is 4.96. The van der Waals surface area contributed by atoms with E-state index < -0.39 is 0 Å². The fourth-order valence-electron chi connectivity index (χ4n) is 2.75. The topological polar surface area (TPSA) is 24.9 Å². The average Bonchev–Trinajstić information content (AvgIpc) is 2.80. The van der Waals surface area contributed by atoms with Gasteiger partial charge in [0, 0.05) is 24.4 Å². The molecule has 2 nitrogen and oxygen atoms in total. The Morgan fingerprint density at radius 2 is 1.89 bits per heavy atom. The van der Waals surface area contributed by atoms with Crippen LogP contribution in [-0.2, 0) is 6.42 Å². The van der Waals surface area contributed by atoms with Crippen LogP contribution in [0.4, 0.5) is 0 Å². The zero-order valence-corrected chi connectivity index (χ0v) is 13.3. The third kappa shape index (κ3) is 5.23. The minimum Gasteiger partial charge on any atom is -0.314 e. The van der Waals surface area contributed by atoms with Gasteiger partial charge in [-0.1, -0.05) is 46.0 Å². The Kier molecular flexibility index (Phi) is 6.32. The van der Waals surface area contributed by atoms with Gasteiger partial charge in [0.25, 0.3) is 0 Å². The van der Waals surface area contributed by atoms with Gasteiger partial charge in [-0.05, 0) is 18.8 Å². The molecule has 108 valence electrons. The lowest BCUT2D eigenvalue weighted by Gasteiger charge is -2.20. The first-order valence-corrected chi connectivity index (χ1v) is 8.81. The number of nitrogens with one attached hydrogen (secondary N) is 1. The molecule has 2 rings (SSSR count). The summed E-state index contributed by atoms with van der Waals surface area (Å²) in [5, 5.41) is 7.25. The fraction of sp³-hybridized carbons (Fsp3) is 0.812. The largest absolute Gasteiger partial charge is 0.314 e. The SMILES string of the molecule is CC(C)c1csc(CCNC2CCCCCCC2)n1. The van der Waals surface area contributed by atoms with E-state index in [0.717, 1.165) is 19.0 Å². The van der Waals surface area contributed by atoms with Crippen LogP contribution in [0, 0.1) is 0 Å². The number of nitrogens with zero attached hydrogens (tertiary/aromatic N) is 1. The Hall–Kier alpha value is -0.410. The summed E-state index contributed by atoms with van der Waals surface area (Å²) >= 11 is 1.82. The summed E-state index contributed by atoms with van der Waals surface area (Å²) in [5.74, 6) is 0.559. The van der Waals surface area contributed by atoms with Crippen molar-refractivity contribution >= 4 is 11.3 Å². The molecule has 1 aliphatic carbocycles. The van der Waals surface area contributed by atoms with Crippen molar-refractivity contribution in [2.24, 2.45) is 0 Å². The fourth-order valence-corrected chi connectivity index (χ4v) is 3.71. The number of aromatic nitrogens is 1. The summed E-state index contributed by atoms with van der Waals surface area (Å²) in [4.78, 5) is 4.70. The van der Waals surface area contributed by atoms with Crippen molar-refractivity contribution in [3.8, 4) is 0 Å². The van der Waals surface area contributed by atoms with Gasteiger partial charge in [0.1, 0.15) is 0 Å². The minimum atomic E-state index is 0.559. The highest BCUT2D eigenvalue weighted by atomic mass is 32.1. The zero-order valence-electron chi connectivity index (χ0n) is 12.5. The van der Waals surface area contributed by atoms with Crippen molar-refractivity contribution in [1.82, 2.24) is 10.3 Å². The molecule has 0 radical (unpaired) electrons. The third-order valence-electron chi connectivity index (χ3n) is 4.04. The van der Waals surface area contributed by atoms with Gasteiger partial charge in [-0.2, -0.15) is 0 Å². The molecule has 1 N–H and O–H groups in total. The van der Waals surface area contributed by atoms with E-state index in [9.17, 15) is 0 Å². The lowest BCUT2D eigenvalue weighted by atomic mass is 9.97. The van der Waals surface area contributed by atoms with Gasteiger partial charge in [0.05, 0.1) is 10.7 Å². The average molecular weight is 280 g/mol. The van der Waals surface area contributed by atoms with Crippen molar-refractivity contribution in [1.29, 1.82) is 0 Å². The monoisotopic (exact) mass is 280 g/mol. The maximum Gasteiger partial charge on any atom is 0.0941 e. The molecule has 0 bridgehead atoms. The predicted octanol–water partition coefficient (Wildman–Crippen LogP) is 4.51. The van der Waals surface area contributed by atoms with E-state index in [2.05, 4.69) is 24.5 Å². The molecular formula is C16H28N2S. The van der Waals surface area contributed by atoms with Crippen LogP contribution in [0.3, 0.4) is 0 Å². The first-order valence-electron chi connectivity index (χ1n) is 7.93. The highest BCUT2D eigenvalue weighted by Crippen LogP contribution is 2.19. The van der Waals surface area contributed by atoms with Crippen LogP contribution in [0.25, 0.3) is 0 Å². The van der Waals surface area contributed by atoms with Crippen molar-refractivity contribution < 1.29 is 0 Å². The van der Waals surface area contributed by atoms with Gasteiger partial charge in [0.15, 0.2) is 0 Å². The standard InChI is InChI=1S/C16H28N2S/c1-13(2)15-12-19-16(18-15)10-11-17-14-8-6-4-3-5-7-9-14/h12-14,17H,3-11H2,1-2H3. The molecule has 0 aliphatic heterocycles. The van der Waals surface area contributed by atoms with Crippen LogP contribution in [0.5, 0.6) is 0 Å². The number of rotatable bonds is 5. The molecule has 1 aliphatic rings. The van der Waals surface area contributed by atoms with Gasteiger partial charge < -0.3 is 5.32 Å². The molecular weight excluding hydrogens is 252 g/mol. The Morgan fingerprint density at radius 1 is 1.21 bits per heavy atom. The molecule has 0 unspecified atom stereocenters. The number of hydrogen-bond donors (Lipinski definition) is 1. The van der Waals surface area contributed by atoms with E-state index >= 15 is 0 Å². The second-order valence-corrected chi connectivity index (χ2v) is 7.01. The van der Waals surface area contributed by atoms with Crippen molar-refractivity contribution in [3.05, 3.63) is 16.1 Å². The summed E-state index contributed by atoms with van der Waals surface area (Å²) < 4.78 is 0. The van der Waals surface area contributed by atoms with Crippen LogP contribution in [0.1, 0.15) is 75.4 Å². The van der Waals surface area contributed by atoms with Crippen LogP contribution in [-0.4, -0.2) is 17.6 Å². The van der Waals surface area contributed by atoms with Crippen LogP contribution in [0.2, 0.25) is 0 Å². The van der Waals surface area contributed by atoms with E-state index in [1.807, 2.05) is 11.3 Å². The predicted molar refractivity (Wildman–Crippen MR) is 84.0 cm³/mol. The van der Waals surface area contributed by atoms with Crippen molar-refractivity contribution in [2.75, 3.05) is 6.54 Å². The molecule has 3 heteroatoms. The summed E-state index contributed by atoms with van der Waals surface area (Å²) in [6.45, 7) is 5.52. The van der Waals surface area contributed by atoms with Gasteiger partial charge in [-0.3, -0.25) is 0 Å². The Bertz CT molecular complexity index is 351. The lowest BCUT2D eigenvalue weighted by Crippen LogP contribution is -2.31. The lowest BCUT2D eigenvalue weighted by molar-refractivity contribution is 0.392. The second-order valence-electron chi connectivity index (χ2n) is 6.07. The van der Waals surface area contributed by atoms with E-state index in [1.54, 1.807) is 0 Å². The molecule has 1 fully saturated rings. The summed E-state index contributed by atoms with van der Waals surface area (Å²) in [5.41, 5.74) is 1.26. The molecule has 19 heavy (non-hydrogen) atoms. The molecule has 0 aromatic carbocycles. The molecule has 0 spiro atoms. The normalized spacial score (nSPS) is 18.5. The zero-order chi connectivity index (χ0) is 13.5. The Labute approximate surface area is 122 Å². The van der Waals surface area contributed by atoms with Gasteiger partial charge in [-0.25, -0.2) is 4.98 Å². The maximum atomic E-state index is 4.70. The number of thiazole rings is 1. The van der Waals surface area contributed by atoms with E-state index in [1.165, 1.54) is 55.6 Å². The molecule has 1 aromatic rings. The molecule has 0 amide bonds. The Balaban J connectivity index is 1.69. The Morgan fingerprint density at radius 3 is 2.53 bits per heavy atom. The van der Waals surface area contributed by atoms with Crippen LogP contribution >= 0.6 is 11.3 Å². The summed E-state index contributed by atoms with van der Waals surface area (Å²) in [6.07, 6.45) is 11.0. The van der Waals surface area contributed by atoms with Crippen molar-refractivity contribution in [3.63, 3.8) is 0 Å². The molecule has 1 aromatic heterocycles. The first kappa shape index (κ1) is 15.0. The maximum absolute atomic E-state index is 4.70. The first-order chi connectivity index (χ1) is 9.25. The molecule has 0 saturated heterocycles. The highest BCUT2D eigenvalue weighted by molar-refractivity contribution is 7.09. The van der Waals surface area contributed by atoms with E-state index in [-0.39, 0.29) is 0 Å². The van der Waals surface area contributed by atoms with Gasteiger partial charge in [-0.15, -0.1) is 11.3 Å². The van der Waals surface area contributed by atoms with E-state index in [4.69, 9.17) is 4.98 Å². The molecule has 0 atom stereocenters. The minimum absolute atomic E-state index is 0.559. The smallest absolute Gasteiger partial charge is 0.0941 e. The number of hydrogen-bond acceptors (Lipinski definition) is 3. The van der Waals surface area contributed by atoms with Crippen molar-refractivity contribution in [2.45, 2.75) is 77.2 Å². The quantitative estimate of drug-likeness (QED) is 0.858. The second kappa shape index (κ2) is 8.01. The summed E-state index contributed by atoms with van der Waals surface area (Å²) in [7, 11) is 0. The van der Waals surface area contributed by atoms with Gasteiger partial charge >= 0.3 is 0 Å². The molecule has 1 saturated carbocycles.